The van der Waals surface area contributed by atoms with Gasteiger partial charge in [-0.3, -0.25) is 9.59 Å². The molecule has 0 saturated carbocycles. The minimum absolute atomic E-state index is 0.0402. The summed E-state index contributed by atoms with van der Waals surface area (Å²) in [6.07, 6.45) is 0. The van der Waals surface area contributed by atoms with Crippen LogP contribution in [0.3, 0.4) is 0 Å². The van der Waals surface area contributed by atoms with Gasteiger partial charge in [0, 0.05) is 12.1 Å². The lowest BCUT2D eigenvalue weighted by molar-refractivity contribution is -0.120. The van der Waals surface area contributed by atoms with Crippen molar-refractivity contribution in [2.75, 3.05) is 13.1 Å². The standard InChI is InChI=1S/C16H19ClN4O2/c1-4-18-14(22)9-19-16(23)12-5-7-13(8-6-12)21-11(3)15(17)10(2)20-21/h5-8H,4,9H2,1-3H3,(H,18,22)(H,19,23). The first-order chi connectivity index (χ1) is 10.9. The molecule has 1 aromatic carbocycles. The molecule has 0 aliphatic carbocycles. The molecule has 0 atom stereocenters. The lowest BCUT2D eigenvalue weighted by Gasteiger charge is -2.07. The van der Waals surface area contributed by atoms with Gasteiger partial charge in [0.05, 0.1) is 28.6 Å². The van der Waals surface area contributed by atoms with Gasteiger partial charge in [-0.2, -0.15) is 5.10 Å². The number of aromatic nitrogens is 2. The molecule has 2 aromatic rings. The lowest BCUT2D eigenvalue weighted by Crippen LogP contribution is -2.36. The van der Waals surface area contributed by atoms with Crippen molar-refractivity contribution in [1.82, 2.24) is 20.4 Å². The zero-order chi connectivity index (χ0) is 17.0. The number of halogens is 1. The van der Waals surface area contributed by atoms with Crippen LogP contribution in [-0.4, -0.2) is 34.7 Å². The van der Waals surface area contributed by atoms with Crippen molar-refractivity contribution >= 4 is 23.4 Å². The number of likely N-dealkylation sites (N-methyl/N-ethyl adjacent to an activating group) is 1. The molecule has 2 amide bonds. The maximum atomic E-state index is 12.0. The molecule has 0 radical (unpaired) electrons. The van der Waals surface area contributed by atoms with Crippen molar-refractivity contribution in [2.45, 2.75) is 20.8 Å². The average molecular weight is 335 g/mol. The fourth-order valence-electron chi connectivity index (χ4n) is 2.15. The highest BCUT2D eigenvalue weighted by atomic mass is 35.5. The maximum absolute atomic E-state index is 12.0. The van der Waals surface area contributed by atoms with Crippen LogP contribution >= 0.6 is 11.6 Å². The fourth-order valence-corrected chi connectivity index (χ4v) is 2.27. The van der Waals surface area contributed by atoms with Gasteiger partial charge in [0.2, 0.25) is 5.91 Å². The molecule has 1 aromatic heterocycles. The van der Waals surface area contributed by atoms with E-state index in [9.17, 15) is 9.59 Å². The third-order valence-corrected chi connectivity index (χ3v) is 3.91. The molecule has 23 heavy (non-hydrogen) atoms. The molecule has 0 aliphatic rings. The van der Waals surface area contributed by atoms with E-state index in [2.05, 4.69) is 15.7 Å². The van der Waals surface area contributed by atoms with Gasteiger partial charge in [-0.25, -0.2) is 4.68 Å². The summed E-state index contributed by atoms with van der Waals surface area (Å²) < 4.78 is 1.73. The van der Waals surface area contributed by atoms with Crippen LogP contribution in [0, 0.1) is 13.8 Å². The Kier molecular flexibility index (Phi) is 5.39. The predicted octanol–water partition coefficient (Wildman–Crippen LogP) is 2.01. The predicted molar refractivity (Wildman–Crippen MR) is 89.1 cm³/mol. The molecule has 0 fully saturated rings. The molecular weight excluding hydrogens is 316 g/mol. The highest BCUT2D eigenvalue weighted by molar-refractivity contribution is 6.31. The van der Waals surface area contributed by atoms with E-state index < -0.39 is 0 Å². The highest BCUT2D eigenvalue weighted by Gasteiger charge is 2.12. The Morgan fingerprint density at radius 3 is 2.35 bits per heavy atom. The van der Waals surface area contributed by atoms with Crippen molar-refractivity contribution in [3.8, 4) is 5.69 Å². The first-order valence-corrected chi connectivity index (χ1v) is 7.69. The summed E-state index contributed by atoms with van der Waals surface area (Å²) in [5, 5.41) is 10.2. The number of rotatable bonds is 5. The SMILES string of the molecule is CCNC(=O)CNC(=O)c1ccc(-n2nc(C)c(Cl)c2C)cc1. The van der Waals surface area contributed by atoms with Crippen molar-refractivity contribution in [3.05, 3.63) is 46.2 Å². The molecule has 122 valence electrons. The van der Waals surface area contributed by atoms with Gasteiger partial charge in [-0.1, -0.05) is 11.6 Å². The van der Waals surface area contributed by atoms with Crippen molar-refractivity contribution in [1.29, 1.82) is 0 Å². The second-order valence-corrected chi connectivity index (χ2v) is 5.46. The quantitative estimate of drug-likeness (QED) is 0.878. The van der Waals surface area contributed by atoms with E-state index in [0.29, 0.717) is 17.1 Å². The van der Waals surface area contributed by atoms with Crippen LogP contribution < -0.4 is 10.6 Å². The van der Waals surface area contributed by atoms with Crippen LogP contribution in [0.1, 0.15) is 28.7 Å². The van der Waals surface area contributed by atoms with E-state index >= 15 is 0 Å². The molecule has 0 saturated heterocycles. The number of benzene rings is 1. The Morgan fingerprint density at radius 1 is 1.17 bits per heavy atom. The van der Waals surface area contributed by atoms with Crippen LogP contribution in [0.25, 0.3) is 5.69 Å². The molecule has 2 rings (SSSR count). The summed E-state index contributed by atoms with van der Waals surface area (Å²) in [6, 6.07) is 6.95. The molecule has 0 bridgehead atoms. The van der Waals surface area contributed by atoms with Gasteiger partial charge in [-0.15, -0.1) is 0 Å². The summed E-state index contributed by atoms with van der Waals surface area (Å²) in [5.41, 5.74) is 2.90. The molecule has 0 unspecified atom stereocenters. The first-order valence-electron chi connectivity index (χ1n) is 7.31. The molecule has 2 N–H and O–H groups in total. The number of carbonyl (C=O) groups is 2. The molecule has 1 heterocycles. The first kappa shape index (κ1) is 17.0. The van der Waals surface area contributed by atoms with Crippen LogP contribution in [0.15, 0.2) is 24.3 Å². The van der Waals surface area contributed by atoms with Crippen molar-refractivity contribution in [3.63, 3.8) is 0 Å². The second kappa shape index (κ2) is 7.28. The number of nitrogens with one attached hydrogen (secondary N) is 2. The summed E-state index contributed by atoms with van der Waals surface area (Å²) in [6.45, 7) is 6.05. The van der Waals surface area contributed by atoms with E-state index in [0.717, 1.165) is 17.1 Å². The van der Waals surface area contributed by atoms with Crippen LogP contribution in [-0.2, 0) is 4.79 Å². The zero-order valence-corrected chi connectivity index (χ0v) is 14.1. The van der Waals surface area contributed by atoms with Gasteiger partial charge < -0.3 is 10.6 Å². The van der Waals surface area contributed by atoms with Crippen LogP contribution in [0.5, 0.6) is 0 Å². The topological polar surface area (TPSA) is 76.0 Å². The van der Waals surface area contributed by atoms with Gasteiger partial charge in [-0.05, 0) is 45.0 Å². The minimum atomic E-state index is -0.297. The fraction of sp³-hybridized carbons (Fsp3) is 0.312. The molecule has 0 aliphatic heterocycles. The normalized spacial score (nSPS) is 10.4. The number of hydrogen-bond acceptors (Lipinski definition) is 3. The average Bonchev–Trinajstić information content (AvgIpc) is 2.80. The van der Waals surface area contributed by atoms with E-state index in [1.54, 1.807) is 28.9 Å². The van der Waals surface area contributed by atoms with Crippen molar-refractivity contribution < 1.29 is 9.59 Å². The third kappa shape index (κ3) is 3.90. The van der Waals surface area contributed by atoms with Gasteiger partial charge in [0.25, 0.3) is 5.91 Å². The Balaban J connectivity index is 2.08. The number of hydrogen-bond donors (Lipinski definition) is 2. The van der Waals surface area contributed by atoms with Crippen molar-refractivity contribution in [2.24, 2.45) is 0 Å². The van der Waals surface area contributed by atoms with Crippen LogP contribution in [0.2, 0.25) is 5.02 Å². The second-order valence-electron chi connectivity index (χ2n) is 5.08. The number of amides is 2. The Morgan fingerprint density at radius 2 is 1.83 bits per heavy atom. The van der Waals surface area contributed by atoms with E-state index in [1.807, 2.05) is 20.8 Å². The largest absolute Gasteiger partial charge is 0.355 e. The van der Waals surface area contributed by atoms with Gasteiger partial charge in [0.1, 0.15) is 0 Å². The number of aryl methyl sites for hydroxylation is 1. The maximum Gasteiger partial charge on any atom is 0.251 e. The minimum Gasteiger partial charge on any atom is -0.355 e. The van der Waals surface area contributed by atoms with E-state index in [1.165, 1.54) is 0 Å². The van der Waals surface area contributed by atoms with E-state index in [-0.39, 0.29) is 18.4 Å². The summed E-state index contributed by atoms with van der Waals surface area (Å²) in [5.74, 6) is -0.510. The van der Waals surface area contributed by atoms with E-state index in [4.69, 9.17) is 11.6 Å². The van der Waals surface area contributed by atoms with Crippen LogP contribution in [0.4, 0.5) is 0 Å². The molecule has 6 nitrogen and oxygen atoms in total. The molecule has 7 heteroatoms. The monoisotopic (exact) mass is 334 g/mol. The Hall–Kier alpha value is -2.34. The van der Waals surface area contributed by atoms with Gasteiger partial charge >= 0.3 is 0 Å². The Labute approximate surface area is 139 Å². The lowest BCUT2D eigenvalue weighted by atomic mass is 10.2. The van der Waals surface area contributed by atoms with Gasteiger partial charge in [0.15, 0.2) is 0 Å². The zero-order valence-electron chi connectivity index (χ0n) is 13.3. The molecular formula is C16H19ClN4O2. The summed E-state index contributed by atoms with van der Waals surface area (Å²) >= 11 is 6.14. The number of nitrogens with zero attached hydrogens (tertiary/aromatic N) is 2. The number of carbonyl (C=O) groups excluding carboxylic acids is 2. The third-order valence-electron chi connectivity index (χ3n) is 3.36. The smallest absolute Gasteiger partial charge is 0.251 e. The summed E-state index contributed by atoms with van der Waals surface area (Å²) in [4.78, 5) is 23.3. The molecule has 0 spiro atoms. The highest BCUT2D eigenvalue weighted by Crippen LogP contribution is 2.22. The Bertz CT molecular complexity index is 722. The summed E-state index contributed by atoms with van der Waals surface area (Å²) in [7, 11) is 0.